The molecule has 5 heteroatoms. The van der Waals surface area contributed by atoms with Crippen LogP contribution in [0, 0.1) is 0 Å². The van der Waals surface area contributed by atoms with Gasteiger partial charge in [-0.25, -0.2) is 14.8 Å². The molecule has 41 heavy (non-hydrogen) atoms. The van der Waals surface area contributed by atoms with Gasteiger partial charge in [0.05, 0.1) is 6.61 Å². The van der Waals surface area contributed by atoms with Gasteiger partial charge < -0.3 is 9.47 Å². The Bertz CT molecular complexity index is 1110. The molecule has 0 N–H and O–H groups in total. The number of rotatable bonds is 20. The summed E-state index contributed by atoms with van der Waals surface area (Å²) in [5, 5.41) is 0. The van der Waals surface area contributed by atoms with E-state index in [1.54, 1.807) is 6.92 Å². The van der Waals surface area contributed by atoms with Gasteiger partial charge in [0.2, 0.25) is 0 Å². The lowest BCUT2D eigenvalue weighted by molar-refractivity contribution is -0.151. The molecular formula is C36H50N2O3. The number of esters is 1. The summed E-state index contributed by atoms with van der Waals surface area (Å²) in [7, 11) is 0. The lowest BCUT2D eigenvalue weighted by Gasteiger charge is -2.14. The molecule has 5 nitrogen and oxygen atoms in total. The van der Waals surface area contributed by atoms with E-state index >= 15 is 0 Å². The van der Waals surface area contributed by atoms with Crippen LogP contribution in [-0.4, -0.2) is 28.6 Å². The smallest absolute Gasteiger partial charge is 0.347 e. The molecular weight excluding hydrogens is 508 g/mol. The molecule has 0 saturated carbocycles. The molecule has 0 saturated heterocycles. The summed E-state index contributed by atoms with van der Waals surface area (Å²) in [5.41, 5.74) is 4.33. The van der Waals surface area contributed by atoms with Crippen LogP contribution < -0.4 is 4.74 Å². The molecule has 0 amide bonds. The van der Waals surface area contributed by atoms with Crippen molar-refractivity contribution in [2.45, 2.75) is 117 Å². The fourth-order valence-electron chi connectivity index (χ4n) is 4.88. The van der Waals surface area contributed by atoms with Crippen LogP contribution in [-0.2, 0) is 16.0 Å². The molecule has 1 unspecified atom stereocenters. The van der Waals surface area contributed by atoms with E-state index in [0.29, 0.717) is 12.4 Å². The minimum absolute atomic E-state index is 0.332. The number of aromatic nitrogens is 2. The summed E-state index contributed by atoms with van der Waals surface area (Å²) in [6.45, 7) is 6.56. The van der Waals surface area contributed by atoms with Crippen LogP contribution in [0.5, 0.6) is 5.75 Å². The van der Waals surface area contributed by atoms with Gasteiger partial charge in [0.15, 0.2) is 11.9 Å². The molecule has 0 radical (unpaired) electrons. The molecule has 222 valence electrons. The van der Waals surface area contributed by atoms with Gasteiger partial charge in [-0.2, -0.15) is 0 Å². The van der Waals surface area contributed by atoms with E-state index in [1.807, 2.05) is 36.7 Å². The van der Waals surface area contributed by atoms with E-state index in [0.717, 1.165) is 48.2 Å². The van der Waals surface area contributed by atoms with Crippen molar-refractivity contribution in [2.24, 2.45) is 0 Å². The van der Waals surface area contributed by atoms with Crippen molar-refractivity contribution in [1.82, 2.24) is 9.97 Å². The van der Waals surface area contributed by atoms with Crippen molar-refractivity contribution in [1.29, 1.82) is 0 Å². The topological polar surface area (TPSA) is 61.3 Å². The Labute approximate surface area is 248 Å². The fourth-order valence-corrected chi connectivity index (χ4v) is 4.88. The molecule has 1 atom stereocenters. The molecule has 1 aromatic heterocycles. The van der Waals surface area contributed by atoms with Crippen molar-refractivity contribution in [2.75, 3.05) is 6.61 Å². The van der Waals surface area contributed by atoms with E-state index in [4.69, 9.17) is 9.47 Å². The van der Waals surface area contributed by atoms with E-state index in [2.05, 4.69) is 48.1 Å². The first-order valence-electron chi connectivity index (χ1n) is 16.0. The third-order valence-corrected chi connectivity index (χ3v) is 7.51. The summed E-state index contributed by atoms with van der Waals surface area (Å²) >= 11 is 0. The van der Waals surface area contributed by atoms with Gasteiger partial charge in [-0.05, 0) is 49.4 Å². The maximum absolute atomic E-state index is 12.1. The molecule has 1 heterocycles. The number of benzene rings is 2. The lowest BCUT2D eigenvalue weighted by Crippen LogP contribution is -2.26. The first kappa shape index (κ1) is 32.3. The Kier molecular flexibility index (Phi) is 15.0. The van der Waals surface area contributed by atoms with E-state index in [-0.39, 0.29) is 5.97 Å². The second kappa shape index (κ2) is 19.0. The van der Waals surface area contributed by atoms with Crippen LogP contribution in [0.4, 0.5) is 0 Å². The highest BCUT2D eigenvalue weighted by molar-refractivity contribution is 5.74. The Morgan fingerprint density at radius 3 is 1.80 bits per heavy atom. The van der Waals surface area contributed by atoms with Gasteiger partial charge in [0.1, 0.15) is 5.75 Å². The minimum atomic E-state index is -0.647. The predicted octanol–water partition coefficient (Wildman–Crippen LogP) is 9.77. The molecule has 3 aromatic rings. The zero-order chi connectivity index (χ0) is 29.1. The van der Waals surface area contributed by atoms with Crippen molar-refractivity contribution < 1.29 is 14.3 Å². The van der Waals surface area contributed by atoms with Crippen LogP contribution in [0.2, 0.25) is 0 Å². The second-order valence-corrected chi connectivity index (χ2v) is 11.1. The van der Waals surface area contributed by atoms with Gasteiger partial charge in [-0.1, -0.05) is 121 Å². The third kappa shape index (κ3) is 12.0. The minimum Gasteiger partial charge on any atom is -0.479 e. The molecule has 0 fully saturated rings. The average Bonchev–Trinajstić information content (AvgIpc) is 3.01. The third-order valence-electron chi connectivity index (χ3n) is 7.51. The molecule has 3 rings (SSSR count). The number of carbonyl (C=O) groups is 1. The number of hydrogen-bond donors (Lipinski definition) is 0. The van der Waals surface area contributed by atoms with Crippen molar-refractivity contribution >= 4 is 5.97 Å². The summed E-state index contributed by atoms with van der Waals surface area (Å²) in [5.74, 6) is 1.02. The molecule has 0 spiro atoms. The number of unbranched alkanes of at least 4 members (excludes halogenated alkanes) is 11. The zero-order valence-corrected chi connectivity index (χ0v) is 25.6. The first-order valence-corrected chi connectivity index (χ1v) is 16.0. The maximum Gasteiger partial charge on any atom is 0.347 e. The highest BCUT2D eigenvalue weighted by Crippen LogP contribution is 2.24. The summed E-state index contributed by atoms with van der Waals surface area (Å²) in [4.78, 5) is 21.4. The largest absolute Gasteiger partial charge is 0.479 e. The second-order valence-electron chi connectivity index (χ2n) is 11.1. The molecule has 0 bridgehead atoms. The molecule has 0 aliphatic heterocycles. The normalized spacial score (nSPS) is 11.8. The van der Waals surface area contributed by atoms with Gasteiger partial charge in [-0.3, -0.25) is 0 Å². The summed E-state index contributed by atoms with van der Waals surface area (Å²) in [6.07, 6.45) is 20.9. The lowest BCUT2D eigenvalue weighted by atomic mass is 10.0. The fraction of sp³-hybridized carbons (Fsp3) is 0.528. The number of hydrogen-bond acceptors (Lipinski definition) is 5. The monoisotopic (exact) mass is 558 g/mol. The van der Waals surface area contributed by atoms with E-state index in [9.17, 15) is 4.79 Å². The molecule has 2 aromatic carbocycles. The Morgan fingerprint density at radius 1 is 0.659 bits per heavy atom. The standard InChI is InChI=1S/C36H50N2O3/c1-4-6-8-9-10-11-12-13-14-15-17-30-18-20-32(21-19-30)35-37-27-33(28-38-35)31-22-24-34(25-23-31)41-29(3)36(39)40-26-16-7-5-2/h18-25,27-29H,4-17,26H2,1-3H3. The summed E-state index contributed by atoms with van der Waals surface area (Å²) < 4.78 is 11.1. The van der Waals surface area contributed by atoms with Crippen LogP contribution in [0.25, 0.3) is 22.5 Å². The van der Waals surface area contributed by atoms with Gasteiger partial charge in [0.25, 0.3) is 0 Å². The van der Waals surface area contributed by atoms with Gasteiger partial charge >= 0.3 is 5.97 Å². The van der Waals surface area contributed by atoms with Crippen LogP contribution >= 0.6 is 0 Å². The van der Waals surface area contributed by atoms with Gasteiger partial charge in [0, 0.05) is 23.5 Å². The number of carbonyl (C=O) groups excluding carboxylic acids is 1. The quantitative estimate of drug-likeness (QED) is 0.102. The number of aryl methyl sites for hydroxylation is 1. The maximum atomic E-state index is 12.1. The summed E-state index contributed by atoms with van der Waals surface area (Å²) in [6, 6.07) is 16.3. The van der Waals surface area contributed by atoms with Gasteiger partial charge in [-0.15, -0.1) is 0 Å². The van der Waals surface area contributed by atoms with Crippen LogP contribution in [0.1, 0.15) is 110 Å². The zero-order valence-electron chi connectivity index (χ0n) is 25.6. The Morgan fingerprint density at radius 2 is 1.20 bits per heavy atom. The van der Waals surface area contributed by atoms with Crippen molar-refractivity contribution in [3.63, 3.8) is 0 Å². The Balaban J connectivity index is 1.40. The van der Waals surface area contributed by atoms with Crippen molar-refractivity contribution in [3.05, 3.63) is 66.5 Å². The number of nitrogens with zero attached hydrogens (tertiary/aromatic N) is 2. The van der Waals surface area contributed by atoms with E-state index in [1.165, 1.54) is 69.8 Å². The van der Waals surface area contributed by atoms with E-state index < -0.39 is 6.10 Å². The molecule has 0 aliphatic rings. The molecule has 0 aliphatic carbocycles. The first-order chi connectivity index (χ1) is 20.1. The predicted molar refractivity (Wildman–Crippen MR) is 169 cm³/mol. The highest BCUT2D eigenvalue weighted by Gasteiger charge is 2.16. The van der Waals surface area contributed by atoms with Crippen molar-refractivity contribution in [3.8, 4) is 28.3 Å². The average molecular weight is 559 g/mol. The van der Waals surface area contributed by atoms with Crippen LogP contribution in [0.15, 0.2) is 60.9 Å². The Hall–Kier alpha value is -3.21. The number of ether oxygens (including phenoxy) is 2. The van der Waals surface area contributed by atoms with Crippen LogP contribution in [0.3, 0.4) is 0 Å². The SMILES string of the molecule is CCCCCCCCCCCCc1ccc(-c2ncc(-c3ccc(OC(C)C(=O)OCCCCC)cc3)cn2)cc1. The highest BCUT2D eigenvalue weighted by atomic mass is 16.6.